The average molecular weight is 301 g/mol. The Bertz CT molecular complexity index is 196. The number of hydrogen-bond donors (Lipinski definition) is 0. The van der Waals surface area contributed by atoms with Crippen LogP contribution in [0.1, 0.15) is 105 Å². The van der Waals surface area contributed by atoms with Crippen molar-refractivity contribution in [2.75, 3.05) is 13.2 Å². The molecule has 1 unspecified atom stereocenters. The van der Waals surface area contributed by atoms with Gasteiger partial charge in [-0.05, 0) is 26.2 Å². The van der Waals surface area contributed by atoms with Crippen LogP contribution in [0, 0.1) is 0 Å². The van der Waals surface area contributed by atoms with Crippen LogP contribution in [0.25, 0.3) is 0 Å². The maximum atomic E-state index is 6.14. The van der Waals surface area contributed by atoms with Gasteiger partial charge >= 0.3 is 0 Å². The van der Waals surface area contributed by atoms with Gasteiger partial charge in [0.05, 0.1) is 0 Å². The van der Waals surface area contributed by atoms with E-state index in [0.717, 1.165) is 32.5 Å². The summed E-state index contributed by atoms with van der Waals surface area (Å²) in [7, 11) is 0. The molecule has 128 valence electrons. The van der Waals surface area contributed by atoms with Crippen LogP contribution in [0.3, 0.4) is 0 Å². The largest absolute Gasteiger partial charge is 0.350 e. The summed E-state index contributed by atoms with van der Waals surface area (Å²) >= 11 is 0. The molecule has 0 aliphatic rings. The van der Waals surface area contributed by atoms with Crippen LogP contribution in [0.4, 0.5) is 0 Å². The van der Waals surface area contributed by atoms with E-state index in [1.54, 1.807) is 0 Å². The van der Waals surface area contributed by atoms with E-state index < -0.39 is 0 Å². The Hall–Kier alpha value is -0.0800. The van der Waals surface area contributed by atoms with Crippen LogP contribution < -0.4 is 0 Å². The van der Waals surface area contributed by atoms with Crippen LogP contribution in [0.15, 0.2) is 0 Å². The minimum absolute atomic E-state index is 0.301. The van der Waals surface area contributed by atoms with Gasteiger partial charge in [0.1, 0.15) is 0 Å². The first kappa shape index (κ1) is 20.9. The molecule has 0 rings (SSSR count). The lowest BCUT2D eigenvalue weighted by molar-refractivity contribution is -0.244. The van der Waals surface area contributed by atoms with Gasteiger partial charge in [-0.2, -0.15) is 0 Å². The molecule has 0 saturated carbocycles. The maximum absolute atomic E-state index is 6.14. The molecular formula is C19H40O2. The molecule has 1 atom stereocenters. The lowest BCUT2D eigenvalue weighted by Crippen LogP contribution is -2.36. The Morgan fingerprint density at radius 1 is 0.571 bits per heavy atom. The summed E-state index contributed by atoms with van der Waals surface area (Å²) in [6.45, 7) is 10.3. The Balaban J connectivity index is 4.10. The highest BCUT2D eigenvalue weighted by molar-refractivity contribution is 4.71. The molecule has 0 spiro atoms. The summed E-state index contributed by atoms with van der Waals surface area (Å²) < 4.78 is 12.2. The second-order valence-corrected chi connectivity index (χ2v) is 6.17. The summed E-state index contributed by atoms with van der Waals surface area (Å²) in [5.41, 5.74) is 0. The van der Waals surface area contributed by atoms with Gasteiger partial charge in [0.2, 0.25) is 0 Å². The van der Waals surface area contributed by atoms with Gasteiger partial charge in [0, 0.05) is 26.1 Å². The van der Waals surface area contributed by atoms with Crippen molar-refractivity contribution in [3.63, 3.8) is 0 Å². The summed E-state index contributed by atoms with van der Waals surface area (Å²) in [5.74, 6) is -0.301. The van der Waals surface area contributed by atoms with Crippen LogP contribution >= 0.6 is 0 Å². The van der Waals surface area contributed by atoms with Crippen molar-refractivity contribution in [2.24, 2.45) is 0 Å². The van der Waals surface area contributed by atoms with Crippen LogP contribution in [-0.4, -0.2) is 19.0 Å². The van der Waals surface area contributed by atoms with Crippen molar-refractivity contribution < 1.29 is 9.47 Å². The summed E-state index contributed by atoms with van der Waals surface area (Å²) in [6, 6.07) is 0. The first-order chi connectivity index (χ1) is 10.2. The molecule has 0 heterocycles. The zero-order chi connectivity index (χ0) is 15.8. The van der Waals surface area contributed by atoms with Crippen molar-refractivity contribution in [1.29, 1.82) is 0 Å². The van der Waals surface area contributed by atoms with Gasteiger partial charge in [-0.15, -0.1) is 0 Å². The molecular weight excluding hydrogens is 260 g/mol. The fourth-order valence-corrected chi connectivity index (χ4v) is 2.80. The molecule has 0 saturated heterocycles. The molecule has 0 N–H and O–H groups in total. The molecule has 0 fully saturated rings. The standard InChI is InChI=1S/C19H40O2/c1-5-9-11-12-13-14-15-17-19(20-8-4,16-10-6-2)21-18-7-3/h5-18H2,1-4H3. The third-order valence-corrected chi connectivity index (χ3v) is 4.05. The topological polar surface area (TPSA) is 18.5 Å². The third kappa shape index (κ3) is 11.2. The third-order valence-electron chi connectivity index (χ3n) is 4.05. The van der Waals surface area contributed by atoms with Gasteiger partial charge in [-0.1, -0.05) is 65.7 Å². The fraction of sp³-hybridized carbons (Fsp3) is 1.00. The van der Waals surface area contributed by atoms with Crippen molar-refractivity contribution in [3.05, 3.63) is 0 Å². The monoisotopic (exact) mass is 300 g/mol. The predicted octanol–water partition coefficient (Wildman–Crippen LogP) is 6.48. The van der Waals surface area contributed by atoms with Gasteiger partial charge < -0.3 is 9.47 Å². The number of ether oxygens (including phenoxy) is 2. The predicted molar refractivity (Wildman–Crippen MR) is 92.7 cm³/mol. The fourth-order valence-electron chi connectivity index (χ4n) is 2.80. The molecule has 0 amide bonds. The zero-order valence-electron chi connectivity index (χ0n) is 15.2. The summed E-state index contributed by atoms with van der Waals surface area (Å²) in [5, 5.41) is 0. The normalized spacial score (nSPS) is 14.3. The molecule has 2 heteroatoms. The summed E-state index contributed by atoms with van der Waals surface area (Å²) in [4.78, 5) is 0. The Morgan fingerprint density at radius 2 is 1.14 bits per heavy atom. The van der Waals surface area contributed by atoms with Gasteiger partial charge in [-0.25, -0.2) is 0 Å². The molecule has 0 aromatic heterocycles. The first-order valence-corrected chi connectivity index (χ1v) is 9.52. The quantitative estimate of drug-likeness (QED) is 0.240. The van der Waals surface area contributed by atoms with E-state index >= 15 is 0 Å². The van der Waals surface area contributed by atoms with E-state index in [-0.39, 0.29) is 5.79 Å². The molecule has 0 aromatic rings. The van der Waals surface area contributed by atoms with Crippen LogP contribution in [-0.2, 0) is 9.47 Å². The van der Waals surface area contributed by atoms with Crippen molar-refractivity contribution >= 4 is 0 Å². The Kier molecular flexibility index (Phi) is 14.8. The number of hydrogen-bond acceptors (Lipinski definition) is 2. The first-order valence-electron chi connectivity index (χ1n) is 9.52. The van der Waals surface area contributed by atoms with E-state index in [4.69, 9.17) is 9.47 Å². The molecule has 0 bridgehead atoms. The van der Waals surface area contributed by atoms with Gasteiger partial charge in [0.25, 0.3) is 0 Å². The molecule has 0 aromatic carbocycles. The lowest BCUT2D eigenvalue weighted by Gasteiger charge is -2.34. The van der Waals surface area contributed by atoms with Crippen molar-refractivity contribution in [3.8, 4) is 0 Å². The SMILES string of the molecule is CCCCCCCCCC(CCCC)(OCC)OCCC. The second-order valence-electron chi connectivity index (χ2n) is 6.17. The molecule has 0 aliphatic carbocycles. The number of unbranched alkanes of at least 4 members (excludes halogenated alkanes) is 7. The van der Waals surface area contributed by atoms with Gasteiger partial charge in [0.15, 0.2) is 5.79 Å². The van der Waals surface area contributed by atoms with Crippen molar-refractivity contribution in [1.82, 2.24) is 0 Å². The maximum Gasteiger partial charge on any atom is 0.168 e. The molecule has 0 radical (unpaired) electrons. The second kappa shape index (κ2) is 14.8. The average Bonchev–Trinajstić information content (AvgIpc) is 2.50. The Labute approximate surface area is 134 Å². The lowest BCUT2D eigenvalue weighted by atomic mass is 10.00. The van der Waals surface area contributed by atoms with E-state index in [1.165, 1.54) is 57.8 Å². The van der Waals surface area contributed by atoms with E-state index in [1.807, 2.05) is 0 Å². The zero-order valence-corrected chi connectivity index (χ0v) is 15.2. The smallest absolute Gasteiger partial charge is 0.168 e. The summed E-state index contributed by atoms with van der Waals surface area (Å²) in [6.07, 6.45) is 15.0. The highest BCUT2D eigenvalue weighted by Crippen LogP contribution is 2.28. The Morgan fingerprint density at radius 3 is 1.71 bits per heavy atom. The molecule has 2 nitrogen and oxygen atoms in total. The molecule has 21 heavy (non-hydrogen) atoms. The minimum Gasteiger partial charge on any atom is -0.350 e. The number of rotatable bonds is 16. The van der Waals surface area contributed by atoms with Crippen LogP contribution in [0.2, 0.25) is 0 Å². The van der Waals surface area contributed by atoms with E-state index in [2.05, 4.69) is 27.7 Å². The molecule has 0 aliphatic heterocycles. The highest BCUT2D eigenvalue weighted by atomic mass is 16.7. The van der Waals surface area contributed by atoms with E-state index in [0.29, 0.717) is 0 Å². The van der Waals surface area contributed by atoms with Crippen LogP contribution in [0.5, 0.6) is 0 Å². The minimum atomic E-state index is -0.301. The van der Waals surface area contributed by atoms with Crippen molar-refractivity contribution in [2.45, 2.75) is 111 Å². The van der Waals surface area contributed by atoms with Gasteiger partial charge in [-0.3, -0.25) is 0 Å². The van der Waals surface area contributed by atoms with E-state index in [9.17, 15) is 0 Å². The highest BCUT2D eigenvalue weighted by Gasteiger charge is 2.30.